The molecule has 1 aliphatic heterocycles. The molecule has 0 aliphatic carbocycles. The molecule has 5 rings (SSSR count). The number of hydrogen-bond donors (Lipinski definition) is 1. The Kier molecular flexibility index (Phi) is 7.23. The largest absolute Gasteiger partial charge is 0.497 e. The fraction of sp³-hybridized carbons (Fsp3) is 0.357. The summed E-state index contributed by atoms with van der Waals surface area (Å²) in [4.78, 5) is 19.5. The molecule has 0 amide bonds. The number of aromatic nitrogens is 2. The molecule has 8 nitrogen and oxygen atoms in total. The Labute approximate surface area is 210 Å². The molecule has 1 N–H and O–H groups in total. The number of esters is 1. The first kappa shape index (κ1) is 23.9. The molecule has 0 unspecified atom stereocenters. The van der Waals surface area contributed by atoms with Crippen molar-refractivity contribution < 1.29 is 18.7 Å². The van der Waals surface area contributed by atoms with E-state index < -0.39 is 5.97 Å². The Balaban J connectivity index is 1.24. The highest BCUT2D eigenvalue weighted by Gasteiger charge is 2.23. The third-order valence-electron chi connectivity index (χ3n) is 6.90. The van der Waals surface area contributed by atoms with E-state index in [-0.39, 0.29) is 5.76 Å². The molecule has 36 heavy (non-hydrogen) atoms. The Bertz CT molecular complexity index is 1300. The molecule has 0 atom stereocenters. The Morgan fingerprint density at radius 3 is 2.61 bits per heavy atom. The van der Waals surface area contributed by atoms with Gasteiger partial charge < -0.3 is 28.7 Å². The standard InChI is InChI=1S/C28H32N4O4/c1-34-23-9-7-20(8-10-23)11-15-31-16-12-22(13-17-31)29-28-30-24-5-3-4-6-25(24)32(28)19-21-14-18-36-26(21)27(33)35-2/h3-10,14,18,22H,11-13,15-17,19H2,1-2H3,(H,29,30). The second kappa shape index (κ2) is 10.9. The van der Waals surface area contributed by atoms with Crippen LogP contribution in [-0.4, -0.2) is 60.3 Å². The number of carbonyl (C=O) groups is 1. The Hall–Kier alpha value is -3.78. The van der Waals surface area contributed by atoms with E-state index >= 15 is 0 Å². The third kappa shape index (κ3) is 5.23. The molecule has 8 heteroatoms. The van der Waals surface area contributed by atoms with Crippen LogP contribution in [0.1, 0.15) is 34.5 Å². The van der Waals surface area contributed by atoms with Crippen LogP contribution in [0.15, 0.2) is 65.3 Å². The molecule has 0 spiro atoms. The van der Waals surface area contributed by atoms with Gasteiger partial charge in [0.2, 0.25) is 11.7 Å². The lowest BCUT2D eigenvalue weighted by atomic mass is 10.0. The van der Waals surface area contributed by atoms with Gasteiger partial charge in [0.15, 0.2) is 0 Å². The Morgan fingerprint density at radius 2 is 1.86 bits per heavy atom. The van der Waals surface area contributed by atoms with E-state index in [0.29, 0.717) is 12.6 Å². The van der Waals surface area contributed by atoms with E-state index in [1.807, 2.05) is 42.5 Å². The van der Waals surface area contributed by atoms with Gasteiger partial charge in [-0.15, -0.1) is 0 Å². The summed E-state index contributed by atoms with van der Waals surface area (Å²) in [6.07, 6.45) is 4.65. The number of fused-ring (bicyclic) bond motifs is 1. The van der Waals surface area contributed by atoms with E-state index in [2.05, 4.69) is 26.9 Å². The van der Waals surface area contributed by atoms with Crippen molar-refractivity contribution in [1.29, 1.82) is 0 Å². The van der Waals surface area contributed by atoms with Gasteiger partial charge in [-0.2, -0.15) is 0 Å². The van der Waals surface area contributed by atoms with E-state index in [0.717, 1.165) is 67.2 Å². The number of ether oxygens (including phenoxy) is 2. The van der Waals surface area contributed by atoms with E-state index in [9.17, 15) is 4.79 Å². The molecule has 3 heterocycles. The zero-order valence-corrected chi connectivity index (χ0v) is 20.8. The summed E-state index contributed by atoms with van der Waals surface area (Å²) >= 11 is 0. The van der Waals surface area contributed by atoms with Crippen LogP contribution in [0.2, 0.25) is 0 Å². The quantitative estimate of drug-likeness (QED) is 0.345. The molecular weight excluding hydrogens is 456 g/mol. The van der Waals surface area contributed by atoms with Crippen LogP contribution >= 0.6 is 0 Å². The summed E-state index contributed by atoms with van der Waals surface area (Å²) in [6, 6.07) is 18.5. The molecule has 0 bridgehead atoms. The first-order valence-corrected chi connectivity index (χ1v) is 12.4. The minimum absolute atomic E-state index is 0.228. The van der Waals surface area contributed by atoms with Crippen LogP contribution in [0.5, 0.6) is 5.75 Å². The third-order valence-corrected chi connectivity index (χ3v) is 6.90. The summed E-state index contributed by atoms with van der Waals surface area (Å²) in [5.41, 5.74) is 4.02. The van der Waals surface area contributed by atoms with Gasteiger partial charge in [0.25, 0.3) is 0 Å². The Morgan fingerprint density at radius 1 is 1.08 bits per heavy atom. The highest BCUT2D eigenvalue weighted by atomic mass is 16.5. The van der Waals surface area contributed by atoms with Crippen molar-refractivity contribution in [3.63, 3.8) is 0 Å². The van der Waals surface area contributed by atoms with Gasteiger partial charge in [0.05, 0.1) is 38.1 Å². The fourth-order valence-electron chi connectivity index (χ4n) is 4.81. The number of anilines is 1. The van der Waals surface area contributed by atoms with Gasteiger partial charge in [-0.05, 0) is 55.2 Å². The maximum atomic E-state index is 12.1. The minimum Gasteiger partial charge on any atom is -0.497 e. The molecule has 1 aliphatic rings. The van der Waals surface area contributed by atoms with Gasteiger partial charge >= 0.3 is 5.97 Å². The highest BCUT2D eigenvalue weighted by molar-refractivity contribution is 5.88. The number of nitrogens with one attached hydrogen (secondary N) is 1. The van der Waals surface area contributed by atoms with Crippen LogP contribution < -0.4 is 10.1 Å². The number of nitrogens with zero attached hydrogens (tertiary/aromatic N) is 3. The van der Waals surface area contributed by atoms with Gasteiger partial charge in [-0.3, -0.25) is 0 Å². The van der Waals surface area contributed by atoms with Gasteiger partial charge in [0, 0.05) is 31.2 Å². The zero-order chi connectivity index (χ0) is 24.9. The van der Waals surface area contributed by atoms with Crippen LogP contribution in [-0.2, 0) is 17.7 Å². The van der Waals surface area contributed by atoms with Crippen LogP contribution in [0.3, 0.4) is 0 Å². The summed E-state index contributed by atoms with van der Waals surface area (Å²) in [6.45, 7) is 3.60. The predicted molar refractivity (Wildman–Crippen MR) is 139 cm³/mol. The summed E-state index contributed by atoms with van der Waals surface area (Å²) in [5, 5.41) is 3.69. The number of imidazole rings is 1. The number of carbonyl (C=O) groups excluding carboxylic acids is 1. The molecule has 1 saturated heterocycles. The SMILES string of the molecule is COC(=O)c1occc1Cn1c(NC2CCN(CCc3ccc(OC)cc3)CC2)nc2ccccc21. The normalized spacial score (nSPS) is 14.7. The van der Waals surface area contributed by atoms with Crippen molar-refractivity contribution in [2.45, 2.75) is 31.8 Å². The molecule has 0 radical (unpaired) electrons. The lowest BCUT2D eigenvalue weighted by molar-refractivity contribution is 0.0563. The smallest absolute Gasteiger partial charge is 0.374 e. The van der Waals surface area contributed by atoms with E-state index in [1.165, 1.54) is 18.9 Å². The molecule has 1 fully saturated rings. The van der Waals surface area contributed by atoms with Crippen LogP contribution in [0.4, 0.5) is 5.95 Å². The zero-order valence-electron chi connectivity index (χ0n) is 20.8. The van der Waals surface area contributed by atoms with E-state index in [4.69, 9.17) is 18.9 Å². The highest BCUT2D eigenvalue weighted by Crippen LogP contribution is 2.25. The van der Waals surface area contributed by atoms with Crippen molar-refractivity contribution in [1.82, 2.24) is 14.5 Å². The lowest BCUT2D eigenvalue weighted by Crippen LogP contribution is -2.40. The second-order valence-electron chi connectivity index (χ2n) is 9.14. The molecular formula is C28H32N4O4. The van der Waals surface area contributed by atoms with Gasteiger partial charge in [0.1, 0.15) is 5.75 Å². The molecule has 0 saturated carbocycles. The number of hydrogen-bond acceptors (Lipinski definition) is 7. The fourth-order valence-corrected chi connectivity index (χ4v) is 4.81. The van der Waals surface area contributed by atoms with Gasteiger partial charge in [-0.25, -0.2) is 9.78 Å². The summed E-state index contributed by atoms with van der Waals surface area (Å²) in [7, 11) is 3.05. The first-order valence-electron chi connectivity index (χ1n) is 12.4. The first-order chi connectivity index (χ1) is 17.6. The van der Waals surface area contributed by atoms with Crippen molar-refractivity contribution in [3.8, 4) is 5.75 Å². The van der Waals surface area contributed by atoms with Crippen molar-refractivity contribution in [2.24, 2.45) is 0 Å². The number of benzene rings is 2. The van der Waals surface area contributed by atoms with Crippen molar-refractivity contribution in [2.75, 3.05) is 39.2 Å². The topological polar surface area (TPSA) is 81.8 Å². The van der Waals surface area contributed by atoms with Crippen molar-refractivity contribution in [3.05, 3.63) is 77.7 Å². The lowest BCUT2D eigenvalue weighted by Gasteiger charge is -2.32. The number of rotatable bonds is 9. The monoisotopic (exact) mass is 488 g/mol. The minimum atomic E-state index is -0.476. The summed E-state index contributed by atoms with van der Waals surface area (Å²) in [5.74, 6) is 1.46. The van der Waals surface area contributed by atoms with Crippen molar-refractivity contribution >= 4 is 23.0 Å². The average molecular weight is 489 g/mol. The number of methoxy groups -OCH3 is 2. The predicted octanol–water partition coefficient (Wildman–Crippen LogP) is 4.59. The number of piperidine rings is 1. The second-order valence-corrected chi connectivity index (χ2v) is 9.14. The maximum absolute atomic E-state index is 12.1. The number of furan rings is 1. The number of likely N-dealkylation sites (tertiary alicyclic amines) is 1. The maximum Gasteiger partial charge on any atom is 0.374 e. The molecule has 188 valence electrons. The molecule has 4 aromatic rings. The number of para-hydroxylation sites is 2. The average Bonchev–Trinajstić information content (AvgIpc) is 3.53. The van der Waals surface area contributed by atoms with Crippen LogP contribution in [0.25, 0.3) is 11.0 Å². The van der Waals surface area contributed by atoms with E-state index in [1.54, 1.807) is 7.11 Å². The molecule has 2 aromatic heterocycles. The summed E-state index contributed by atoms with van der Waals surface area (Å²) < 4.78 is 17.7. The van der Waals surface area contributed by atoms with Crippen LogP contribution in [0, 0.1) is 0 Å². The molecule has 2 aromatic carbocycles. The van der Waals surface area contributed by atoms with Gasteiger partial charge in [-0.1, -0.05) is 24.3 Å².